The van der Waals surface area contributed by atoms with Crippen LogP contribution in [0.3, 0.4) is 0 Å². The molecule has 1 aliphatic heterocycles. The van der Waals surface area contributed by atoms with Crippen molar-refractivity contribution in [2.24, 2.45) is 5.73 Å². The van der Waals surface area contributed by atoms with Gasteiger partial charge in [0.25, 0.3) is 0 Å². The molecule has 0 aliphatic carbocycles. The summed E-state index contributed by atoms with van der Waals surface area (Å²) in [4.78, 5) is 2.25. The Morgan fingerprint density at radius 2 is 2.22 bits per heavy atom. The van der Waals surface area contributed by atoms with E-state index in [0.717, 1.165) is 6.54 Å². The maximum Gasteiger partial charge on any atom is 0.0462 e. The molecule has 1 fully saturated rings. The van der Waals surface area contributed by atoms with Crippen molar-refractivity contribution in [3.63, 3.8) is 0 Å². The van der Waals surface area contributed by atoms with Crippen molar-refractivity contribution >= 4 is 0 Å². The Hall–Kier alpha value is -0.590. The zero-order valence-corrected chi connectivity index (χ0v) is 5.75. The van der Waals surface area contributed by atoms with Crippen LogP contribution in [0, 0.1) is 11.8 Å². The molecule has 0 aromatic rings. The van der Waals surface area contributed by atoms with Crippen LogP contribution in [0.15, 0.2) is 0 Å². The maximum absolute atomic E-state index is 6.50. The van der Waals surface area contributed by atoms with Crippen molar-refractivity contribution in [3.05, 3.63) is 0 Å². The zero-order chi connectivity index (χ0) is 7.28. The fraction of sp³-hybridized carbons (Fsp3) is 0.833. The molecule has 3 nitrogen and oxygen atoms in total. The molecule has 0 radical (unpaired) electrons. The van der Waals surface area contributed by atoms with Gasteiger partial charge in [0.2, 0.25) is 0 Å². The minimum absolute atomic E-state index is 0.449. The van der Waals surface area contributed by atoms with Crippen molar-refractivity contribution in [1.29, 1.82) is 5.26 Å². The van der Waals surface area contributed by atoms with Crippen molar-refractivity contribution in [2.75, 3.05) is 20.1 Å². The predicted octanol–water partition coefficient (Wildman–Crippen LogP) is -0.211. The van der Waals surface area contributed by atoms with Crippen LogP contribution in [0.2, 0.25) is 0 Å². The van der Waals surface area contributed by atoms with E-state index in [1.807, 2.05) is 0 Å². The van der Waals surface area contributed by atoms with Gasteiger partial charge in [0, 0.05) is 19.2 Å². The van der Waals surface area contributed by atoms with Gasteiger partial charge in [0.15, 0.2) is 0 Å². The molecule has 9 heavy (non-hydrogen) atoms. The highest BCUT2D eigenvalue weighted by atomic mass is 15.1. The van der Waals surface area contributed by atoms with E-state index in [-0.39, 0.29) is 0 Å². The van der Waals surface area contributed by atoms with Gasteiger partial charge in [-0.1, -0.05) is 0 Å². The largest absolute Gasteiger partial charge is 0.326 e. The van der Waals surface area contributed by atoms with Gasteiger partial charge in [-0.2, -0.15) is 0 Å². The van der Waals surface area contributed by atoms with Gasteiger partial charge in [0.1, 0.15) is 0 Å². The molecule has 0 saturated carbocycles. The SMILES string of the molecule is C#N.CN1CCC(N)C1. The summed E-state index contributed by atoms with van der Waals surface area (Å²) in [6, 6.07) is 0.449. The topological polar surface area (TPSA) is 53.0 Å². The van der Waals surface area contributed by atoms with Crippen LogP contribution in [-0.2, 0) is 0 Å². The average Bonchev–Trinajstić information content (AvgIpc) is 2.20. The third-order valence-corrected chi connectivity index (χ3v) is 1.43. The quantitative estimate of drug-likeness (QED) is 0.490. The van der Waals surface area contributed by atoms with Gasteiger partial charge in [-0.3, -0.25) is 0 Å². The van der Waals surface area contributed by atoms with Crippen LogP contribution < -0.4 is 5.73 Å². The summed E-state index contributed by atoms with van der Waals surface area (Å²) in [5, 5.41) is 6.50. The summed E-state index contributed by atoms with van der Waals surface area (Å²) in [6.07, 6.45) is 1.18. The lowest BCUT2D eigenvalue weighted by molar-refractivity contribution is 0.411. The lowest BCUT2D eigenvalue weighted by Crippen LogP contribution is -2.23. The highest BCUT2D eigenvalue weighted by Crippen LogP contribution is 2.01. The molecule has 52 valence electrons. The molecular weight excluding hydrogens is 114 g/mol. The summed E-state index contributed by atoms with van der Waals surface area (Å²) < 4.78 is 0. The third-order valence-electron chi connectivity index (χ3n) is 1.43. The molecule has 1 rings (SSSR count). The number of nitrogens with zero attached hydrogens (tertiary/aromatic N) is 2. The fourth-order valence-corrected chi connectivity index (χ4v) is 0.969. The fourth-order valence-electron chi connectivity index (χ4n) is 0.969. The van der Waals surface area contributed by atoms with Crippen molar-refractivity contribution in [3.8, 4) is 6.57 Å². The number of likely N-dealkylation sites (tertiary alicyclic amines) is 1. The van der Waals surface area contributed by atoms with Crippen LogP contribution in [0.1, 0.15) is 6.42 Å². The number of rotatable bonds is 0. The number of hydrogen-bond donors (Lipinski definition) is 1. The Labute approximate surface area is 56.1 Å². The van der Waals surface area contributed by atoms with E-state index in [9.17, 15) is 0 Å². The second kappa shape index (κ2) is 4.30. The molecule has 1 saturated heterocycles. The Kier molecular flexibility index (Phi) is 4.02. The molecule has 0 spiro atoms. The summed E-state index contributed by atoms with van der Waals surface area (Å²) in [5.74, 6) is 0. The van der Waals surface area contributed by atoms with Gasteiger partial charge >= 0.3 is 0 Å². The van der Waals surface area contributed by atoms with E-state index >= 15 is 0 Å². The molecule has 0 bridgehead atoms. The van der Waals surface area contributed by atoms with E-state index < -0.39 is 0 Å². The molecule has 3 heteroatoms. The van der Waals surface area contributed by atoms with Gasteiger partial charge in [-0.15, -0.1) is 0 Å². The van der Waals surface area contributed by atoms with Crippen LogP contribution in [0.5, 0.6) is 0 Å². The van der Waals surface area contributed by atoms with Crippen molar-refractivity contribution in [2.45, 2.75) is 12.5 Å². The summed E-state index contributed by atoms with van der Waals surface area (Å²) in [5.41, 5.74) is 5.58. The van der Waals surface area contributed by atoms with Crippen LogP contribution in [0.25, 0.3) is 0 Å². The van der Waals surface area contributed by atoms with Gasteiger partial charge in [-0.25, -0.2) is 5.26 Å². The van der Waals surface area contributed by atoms with E-state index in [0.29, 0.717) is 6.04 Å². The highest BCUT2D eigenvalue weighted by Gasteiger charge is 2.13. The lowest BCUT2D eigenvalue weighted by Gasteiger charge is -2.03. The van der Waals surface area contributed by atoms with Gasteiger partial charge < -0.3 is 10.6 Å². The first kappa shape index (κ1) is 8.41. The van der Waals surface area contributed by atoms with Crippen molar-refractivity contribution in [1.82, 2.24) is 4.90 Å². The molecule has 0 aromatic carbocycles. The normalized spacial score (nSPS) is 26.9. The van der Waals surface area contributed by atoms with Crippen LogP contribution in [-0.4, -0.2) is 31.1 Å². The van der Waals surface area contributed by atoms with Gasteiger partial charge in [0.05, 0.1) is 0 Å². The number of nitrogens with two attached hydrogens (primary N) is 1. The summed E-state index contributed by atoms with van der Waals surface area (Å²) in [7, 11) is 2.10. The summed E-state index contributed by atoms with van der Waals surface area (Å²) >= 11 is 0. The van der Waals surface area contributed by atoms with E-state index in [4.69, 9.17) is 11.0 Å². The number of likely N-dealkylation sites (N-methyl/N-ethyl adjacent to an activating group) is 1. The standard InChI is InChI=1S/C5H12N2.CHN/c1-7-3-2-5(6)4-7;1-2/h5H,2-4,6H2,1H3;1H. The molecule has 1 atom stereocenters. The number of nitriles is 1. The summed E-state index contributed by atoms with van der Waals surface area (Å²) in [6.45, 7) is 5.77. The van der Waals surface area contributed by atoms with Gasteiger partial charge in [-0.05, 0) is 20.0 Å². The van der Waals surface area contributed by atoms with E-state index in [2.05, 4.69) is 18.5 Å². The van der Waals surface area contributed by atoms with Crippen LogP contribution in [0.4, 0.5) is 0 Å². The molecule has 1 heterocycles. The van der Waals surface area contributed by atoms with Crippen LogP contribution >= 0.6 is 0 Å². The smallest absolute Gasteiger partial charge is 0.0462 e. The predicted molar refractivity (Wildman–Crippen MR) is 36.8 cm³/mol. The minimum Gasteiger partial charge on any atom is -0.326 e. The highest BCUT2D eigenvalue weighted by molar-refractivity contribution is 4.74. The van der Waals surface area contributed by atoms with E-state index in [1.165, 1.54) is 13.0 Å². The molecule has 0 amide bonds. The van der Waals surface area contributed by atoms with E-state index in [1.54, 1.807) is 0 Å². The lowest BCUT2D eigenvalue weighted by atomic mass is 10.3. The minimum atomic E-state index is 0.449. The maximum atomic E-state index is 6.50. The van der Waals surface area contributed by atoms with Crippen molar-refractivity contribution < 1.29 is 0 Å². The third kappa shape index (κ3) is 3.07. The molecular formula is C6H13N3. The Bertz CT molecular complexity index is 81.5. The first-order valence-corrected chi connectivity index (χ1v) is 2.99. The molecule has 0 aromatic heterocycles. The average molecular weight is 127 g/mol. The second-order valence-electron chi connectivity index (χ2n) is 2.31. The first-order valence-electron chi connectivity index (χ1n) is 2.99. The zero-order valence-electron chi connectivity index (χ0n) is 5.75. The first-order chi connectivity index (χ1) is 4.29. The number of hydrogen-bond acceptors (Lipinski definition) is 3. The second-order valence-corrected chi connectivity index (χ2v) is 2.31. The Morgan fingerprint density at radius 3 is 2.33 bits per heavy atom. The molecule has 1 aliphatic rings. The Balaban J connectivity index is 0.000000291. The molecule has 2 N–H and O–H groups in total. The molecule has 1 unspecified atom stereocenters. The Morgan fingerprint density at radius 1 is 1.67 bits per heavy atom. The monoisotopic (exact) mass is 127 g/mol.